The van der Waals surface area contributed by atoms with E-state index in [1.165, 1.54) is 11.3 Å². The Balaban J connectivity index is 1.81. The largest absolute Gasteiger partial charge is 0.481 e. The van der Waals surface area contributed by atoms with Gasteiger partial charge >= 0.3 is 5.97 Å². The predicted octanol–water partition coefficient (Wildman–Crippen LogP) is 2.61. The number of carbonyl (C=O) groups excluding carboxylic acids is 1. The summed E-state index contributed by atoms with van der Waals surface area (Å²) in [6.45, 7) is 2.90. The van der Waals surface area contributed by atoms with Gasteiger partial charge in [-0.05, 0) is 18.4 Å². The van der Waals surface area contributed by atoms with Gasteiger partial charge in [-0.2, -0.15) is 0 Å². The first-order valence-corrected chi connectivity index (χ1v) is 9.08. The number of thiophene rings is 1. The molecule has 1 N–H and O–H groups in total. The Labute approximate surface area is 142 Å². The van der Waals surface area contributed by atoms with Gasteiger partial charge < -0.3 is 14.9 Å². The molecule has 2 unspecified atom stereocenters. The molecule has 1 fully saturated rings. The van der Waals surface area contributed by atoms with Crippen molar-refractivity contribution in [1.29, 1.82) is 0 Å². The van der Waals surface area contributed by atoms with Crippen molar-refractivity contribution >= 4 is 49.2 Å². The second-order valence-corrected chi connectivity index (χ2v) is 8.30. The maximum atomic E-state index is 12.7. The molecule has 3 rings (SSSR count). The summed E-state index contributed by atoms with van der Waals surface area (Å²) in [5.74, 6) is -1.17. The number of nitrogens with zero attached hydrogens (tertiary/aromatic N) is 3. The maximum Gasteiger partial charge on any atom is 0.308 e. The van der Waals surface area contributed by atoms with Crippen LogP contribution < -0.4 is 4.90 Å². The van der Waals surface area contributed by atoms with E-state index in [1.807, 2.05) is 32.0 Å². The Hall–Kier alpha value is -1.67. The molecule has 23 heavy (non-hydrogen) atoms. The van der Waals surface area contributed by atoms with Crippen molar-refractivity contribution in [2.45, 2.75) is 13.3 Å². The van der Waals surface area contributed by atoms with Gasteiger partial charge in [0.15, 0.2) is 5.13 Å². The second kappa shape index (κ2) is 6.09. The van der Waals surface area contributed by atoms with Gasteiger partial charge in [0, 0.05) is 27.2 Å². The topological polar surface area (TPSA) is 73.7 Å². The highest BCUT2D eigenvalue weighted by molar-refractivity contribution is 7.29. The molecule has 1 saturated heterocycles. The molecule has 8 heteroatoms. The van der Waals surface area contributed by atoms with Crippen LogP contribution in [-0.4, -0.2) is 54.1 Å². The number of piperidine rings is 1. The highest BCUT2D eigenvalue weighted by atomic mass is 32.1. The van der Waals surface area contributed by atoms with Crippen LogP contribution in [0.3, 0.4) is 0 Å². The summed E-state index contributed by atoms with van der Waals surface area (Å²) in [4.78, 5) is 33.6. The number of carboxylic acids is 1. The van der Waals surface area contributed by atoms with Crippen LogP contribution in [0.25, 0.3) is 9.53 Å². The summed E-state index contributed by atoms with van der Waals surface area (Å²) in [5.41, 5.74) is 0. The SMILES string of the molecule is CC1CC(C(=O)O)CN(C(=O)c2cc3sc(N(C)C)nc3s2)C1. The van der Waals surface area contributed by atoms with Crippen molar-refractivity contribution in [2.24, 2.45) is 11.8 Å². The molecule has 0 aromatic carbocycles. The average molecular weight is 353 g/mol. The fraction of sp³-hybridized carbons (Fsp3) is 0.533. The van der Waals surface area contributed by atoms with Crippen LogP contribution in [0.2, 0.25) is 0 Å². The number of rotatable bonds is 3. The van der Waals surface area contributed by atoms with Gasteiger partial charge in [-0.25, -0.2) is 4.98 Å². The molecule has 2 aromatic rings. The Morgan fingerprint density at radius 1 is 1.35 bits per heavy atom. The maximum absolute atomic E-state index is 12.7. The van der Waals surface area contributed by atoms with E-state index in [1.54, 1.807) is 16.2 Å². The molecule has 0 spiro atoms. The number of carbonyl (C=O) groups is 2. The third kappa shape index (κ3) is 3.18. The first-order valence-electron chi connectivity index (χ1n) is 7.45. The highest BCUT2D eigenvalue weighted by Gasteiger charge is 2.33. The third-order valence-electron chi connectivity index (χ3n) is 3.97. The Bertz CT molecular complexity index is 721. The van der Waals surface area contributed by atoms with E-state index in [2.05, 4.69) is 4.98 Å². The number of anilines is 1. The van der Waals surface area contributed by atoms with Crippen molar-refractivity contribution in [3.8, 4) is 0 Å². The Morgan fingerprint density at radius 2 is 2.09 bits per heavy atom. The van der Waals surface area contributed by atoms with Gasteiger partial charge in [-0.3, -0.25) is 9.59 Å². The zero-order valence-corrected chi connectivity index (χ0v) is 14.9. The smallest absolute Gasteiger partial charge is 0.308 e. The summed E-state index contributed by atoms with van der Waals surface area (Å²) < 4.78 is 1.00. The minimum absolute atomic E-state index is 0.0793. The van der Waals surface area contributed by atoms with Crippen molar-refractivity contribution in [3.05, 3.63) is 10.9 Å². The van der Waals surface area contributed by atoms with E-state index in [9.17, 15) is 14.7 Å². The summed E-state index contributed by atoms with van der Waals surface area (Å²) in [6, 6.07) is 1.88. The van der Waals surface area contributed by atoms with E-state index >= 15 is 0 Å². The molecular formula is C15H19N3O3S2. The predicted molar refractivity (Wildman–Crippen MR) is 92.6 cm³/mol. The molecule has 1 aliphatic rings. The molecule has 2 aromatic heterocycles. The van der Waals surface area contributed by atoms with Gasteiger partial charge in [-0.1, -0.05) is 18.3 Å². The zero-order valence-electron chi connectivity index (χ0n) is 13.3. The van der Waals surface area contributed by atoms with Crippen LogP contribution in [-0.2, 0) is 4.79 Å². The zero-order chi connectivity index (χ0) is 16.7. The normalized spacial score (nSPS) is 21.6. The van der Waals surface area contributed by atoms with Crippen LogP contribution >= 0.6 is 22.7 Å². The van der Waals surface area contributed by atoms with Crippen molar-refractivity contribution in [3.63, 3.8) is 0 Å². The molecule has 124 valence electrons. The number of hydrogen-bond acceptors (Lipinski definition) is 6. The van der Waals surface area contributed by atoms with Crippen molar-refractivity contribution in [1.82, 2.24) is 9.88 Å². The Kier molecular flexibility index (Phi) is 4.29. The number of fused-ring (bicyclic) bond motifs is 1. The standard InChI is InChI=1S/C15H19N3O3S2/c1-8-4-9(14(20)21)7-18(6-8)13(19)11-5-10-12(22-11)16-15(23-10)17(2)3/h5,8-9H,4,6-7H2,1-3H3,(H,20,21). The molecule has 0 bridgehead atoms. The number of thiazole rings is 1. The van der Waals surface area contributed by atoms with E-state index in [0.29, 0.717) is 24.4 Å². The molecule has 0 aliphatic carbocycles. The van der Waals surface area contributed by atoms with Crippen LogP contribution in [0.15, 0.2) is 6.07 Å². The van der Waals surface area contributed by atoms with E-state index in [4.69, 9.17) is 0 Å². The minimum Gasteiger partial charge on any atom is -0.481 e. The van der Waals surface area contributed by atoms with Crippen LogP contribution in [0.1, 0.15) is 23.0 Å². The van der Waals surface area contributed by atoms with Crippen molar-refractivity contribution in [2.75, 3.05) is 32.1 Å². The lowest BCUT2D eigenvalue weighted by atomic mass is 9.90. The molecule has 2 atom stereocenters. The summed E-state index contributed by atoms with van der Waals surface area (Å²) in [5, 5.41) is 10.2. The van der Waals surface area contributed by atoms with Crippen LogP contribution in [0.4, 0.5) is 5.13 Å². The van der Waals surface area contributed by atoms with E-state index < -0.39 is 11.9 Å². The van der Waals surface area contributed by atoms with Gasteiger partial charge in [0.1, 0.15) is 4.83 Å². The average Bonchev–Trinajstić information content (AvgIpc) is 3.04. The van der Waals surface area contributed by atoms with Crippen molar-refractivity contribution < 1.29 is 14.7 Å². The Morgan fingerprint density at radius 3 is 2.70 bits per heavy atom. The van der Waals surface area contributed by atoms with E-state index in [0.717, 1.165) is 14.7 Å². The number of aromatic nitrogens is 1. The lowest BCUT2D eigenvalue weighted by molar-refractivity contribution is -0.143. The van der Waals surface area contributed by atoms with Gasteiger partial charge in [0.05, 0.1) is 15.5 Å². The molecule has 1 aliphatic heterocycles. The first-order chi connectivity index (χ1) is 10.8. The quantitative estimate of drug-likeness (QED) is 0.918. The summed E-state index contributed by atoms with van der Waals surface area (Å²) in [6.07, 6.45) is 0.631. The first kappa shape index (κ1) is 16.2. The number of hydrogen-bond donors (Lipinski definition) is 1. The molecule has 0 saturated carbocycles. The fourth-order valence-electron chi connectivity index (χ4n) is 2.87. The third-order valence-corrected chi connectivity index (χ3v) is 6.28. The molecule has 0 radical (unpaired) electrons. The molecular weight excluding hydrogens is 334 g/mol. The van der Waals surface area contributed by atoms with Crippen LogP contribution in [0, 0.1) is 11.8 Å². The van der Waals surface area contributed by atoms with Gasteiger partial charge in [0.2, 0.25) is 0 Å². The molecule has 6 nitrogen and oxygen atoms in total. The molecule has 1 amide bonds. The monoisotopic (exact) mass is 353 g/mol. The number of aliphatic carboxylic acids is 1. The summed E-state index contributed by atoms with van der Waals surface area (Å²) in [7, 11) is 3.88. The highest BCUT2D eigenvalue weighted by Crippen LogP contribution is 2.35. The lowest BCUT2D eigenvalue weighted by Crippen LogP contribution is -2.45. The van der Waals surface area contributed by atoms with Crippen LogP contribution in [0.5, 0.6) is 0 Å². The molecule has 3 heterocycles. The minimum atomic E-state index is -0.821. The fourth-order valence-corrected chi connectivity index (χ4v) is 4.97. The second-order valence-electron chi connectivity index (χ2n) is 6.26. The number of likely N-dealkylation sites (tertiary alicyclic amines) is 1. The summed E-state index contributed by atoms with van der Waals surface area (Å²) >= 11 is 2.94. The van der Waals surface area contributed by atoms with E-state index in [-0.39, 0.29) is 11.8 Å². The van der Waals surface area contributed by atoms with Gasteiger partial charge in [0.25, 0.3) is 5.91 Å². The lowest BCUT2D eigenvalue weighted by Gasteiger charge is -2.34. The number of carboxylic acid groups (broad SMARTS) is 1. The van der Waals surface area contributed by atoms with Gasteiger partial charge in [-0.15, -0.1) is 11.3 Å². The number of amides is 1.